The molecule has 0 spiro atoms. The van der Waals surface area contributed by atoms with E-state index in [4.69, 9.17) is 0 Å². The summed E-state index contributed by atoms with van der Waals surface area (Å²) in [4.78, 5) is 23.7. The molecule has 25 heavy (non-hydrogen) atoms. The Morgan fingerprint density at radius 2 is 1.84 bits per heavy atom. The van der Waals surface area contributed by atoms with Gasteiger partial charge in [-0.3, -0.25) is 4.79 Å². The van der Waals surface area contributed by atoms with E-state index in [0.29, 0.717) is 16.5 Å². The number of H-pyrrole nitrogens is 1. The Bertz CT molecular complexity index is 977. The Morgan fingerprint density at radius 1 is 1.08 bits per heavy atom. The smallest absolute Gasteiger partial charge is 0.259 e. The van der Waals surface area contributed by atoms with Gasteiger partial charge in [-0.05, 0) is 37.4 Å². The molecule has 5 nitrogen and oxygen atoms in total. The Balaban J connectivity index is 1.71. The third-order valence-electron chi connectivity index (χ3n) is 4.69. The minimum atomic E-state index is -0.380. The van der Waals surface area contributed by atoms with Crippen LogP contribution in [0.25, 0.3) is 22.3 Å². The molecular weight excluding hydrogens is 319 g/mol. The molecule has 0 amide bonds. The number of benzene rings is 2. The second kappa shape index (κ2) is 6.29. The van der Waals surface area contributed by atoms with Crippen molar-refractivity contribution in [1.82, 2.24) is 14.9 Å². The fourth-order valence-electron chi connectivity index (χ4n) is 3.17. The molecule has 1 aromatic heterocycles. The van der Waals surface area contributed by atoms with Crippen molar-refractivity contribution in [2.45, 2.75) is 0 Å². The lowest BCUT2D eigenvalue weighted by Gasteiger charge is -2.34. The van der Waals surface area contributed by atoms with Gasteiger partial charge in [0.25, 0.3) is 5.56 Å². The zero-order valence-corrected chi connectivity index (χ0v) is 14.0. The van der Waals surface area contributed by atoms with Crippen LogP contribution in [0.5, 0.6) is 0 Å². The van der Waals surface area contributed by atoms with Crippen molar-refractivity contribution in [2.75, 3.05) is 38.1 Å². The maximum Gasteiger partial charge on any atom is 0.259 e. The molecule has 4 rings (SSSR count). The van der Waals surface area contributed by atoms with Crippen molar-refractivity contribution in [2.24, 2.45) is 0 Å². The second-order valence-corrected chi connectivity index (χ2v) is 6.39. The molecule has 0 saturated carbocycles. The normalized spacial score (nSPS) is 15.7. The van der Waals surface area contributed by atoms with Crippen LogP contribution in [0.3, 0.4) is 0 Å². The van der Waals surface area contributed by atoms with Gasteiger partial charge in [-0.15, -0.1) is 0 Å². The summed E-state index contributed by atoms with van der Waals surface area (Å²) in [5.41, 5.74) is 1.46. The summed E-state index contributed by atoms with van der Waals surface area (Å²) in [6, 6.07) is 12.2. The number of halogens is 1. The van der Waals surface area contributed by atoms with Crippen molar-refractivity contribution >= 4 is 16.6 Å². The topological polar surface area (TPSA) is 52.2 Å². The highest BCUT2D eigenvalue weighted by atomic mass is 19.1. The van der Waals surface area contributed by atoms with Gasteiger partial charge in [0.15, 0.2) is 0 Å². The molecular formula is C19H19FN4O. The quantitative estimate of drug-likeness (QED) is 0.780. The minimum Gasteiger partial charge on any atom is -0.369 e. The predicted octanol–water partition coefficient (Wildman–Crippen LogP) is 2.48. The first-order chi connectivity index (χ1) is 12.1. The van der Waals surface area contributed by atoms with Crippen LogP contribution in [0.4, 0.5) is 10.1 Å². The van der Waals surface area contributed by atoms with Gasteiger partial charge >= 0.3 is 0 Å². The Kier molecular flexibility index (Phi) is 3.97. The number of nitrogens with zero attached hydrogens (tertiary/aromatic N) is 3. The average molecular weight is 338 g/mol. The number of anilines is 1. The fraction of sp³-hybridized carbons (Fsp3) is 0.263. The predicted molar refractivity (Wildman–Crippen MR) is 97.5 cm³/mol. The Morgan fingerprint density at radius 3 is 2.60 bits per heavy atom. The molecule has 2 aromatic carbocycles. The first-order valence-electron chi connectivity index (χ1n) is 8.34. The summed E-state index contributed by atoms with van der Waals surface area (Å²) < 4.78 is 14.7. The zero-order valence-electron chi connectivity index (χ0n) is 14.0. The molecule has 0 aliphatic carbocycles. The van der Waals surface area contributed by atoms with E-state index >= 15 is 0 Å². The first-order valence-corrected chi connectivity index (χ1v) is 8.34. The molecule has 3 aromatic rings. The number of hydrogen-bond donors (Lipinski definition) is 1. The van der Waals surface area contributed by atoms with Gasteiger partial charge in [0, 0.05) is 31.9 Å². The van der Waals surface area contributed by atoms with Gasteiger partial charge in [-0.25, -0.2) is 9.37 Å². The summed E-state index contributed by atoms with van der Waals surface area (Å²) in [7, 11) is 2.09. The second-order valence-electron chi connectivity index (χ2n) is 6.39. The van der Waals surface area contributed by atoms with Crippen LogP contribution in [-0.4, -0.2) is 48.1 Å². The van der Waals surface area contributed by atoms with E-state index in [-0.39, 0.29) is 17.2 Å². The minimum absolute atomic E-state index is 0.256. The van der Waals surface area contributed by atoms with Crippen molar-refractivity contribution in [3.63, 3.8) is 0 Å². The molecule has 0 radical (unpaired) electrons. The molecule has 1 aliphatic heterocycles. The SMILES string of the molecule is CN1CCN(c2ccc(-c3nc4ccccc4c(=O)[nH]3)c(F)c2)CC1. The number of fused-ring (bicyclic) bond motifs is 1. The Hall–Kier alpha value is -2.73. The van der Waals surface area contributed by atoms with Crippen LogP contribution in [-0.2, 0) is 0 Å². The van der Waals surface area contributed by atoms with Crippen LogP contribution in [0.2, 0.25) is 0 Å². The highest BCUT2D eigenvalue weighted by Gasteiger charge is 2.17. The van der Waals surface area contributed by atoms with Crippen molar-refractivity contribution < 1.29 is 4.39 Å². The molecule has 2 heterocycles. The molecule has 128 valence electrons. The highest BCUT2D eigenvalue weighted by Crippen LogP contribution is 2.25. The van der Waals surface area contributed by atoms with E-state index in [1.165, 1.54) is 6.07 Å². The van der Waals surface area contributed by atoms with Crippen molar-refractivity contribution in [1.29, 1.82) is 0 Å². The summed E-state index contributed by atoms with van der Waals surface area (Å²) in [6.45, 7) is 3.67. The maximum absolute atomic E-state index is 14.7. The van der Waals surface area contributed by atoms with Gasteiger partial charge in [0.05, 0.1) is 16.5 Å². The monoisotopic (exact) mass is 338 g/mol. The third kappa shape index (κ3) is 3.00. The van der Waals surface area contributed by atoms with Crippen LogP contribution in [0.15, 0.2) is 47.3 Å². The lowest BCUT2D eigenvalue weighted by atomic mass is 10.1. The number of nitrogens with one attached hydrogen (secondary N) is 1. The zero-order chi connectivity index (χ0) is 17.4. The van der Waals surface area contributed by atoms with Crippen LogP contribution < -0.4 is 10.5 Å². The van der Waals surface area contributed by atoms with E-state index < -0.39 is 0 Å². The highest BCUT2D eigenvalue weighted by molar-refractivity contribution is 5.79. The Labute approximate surface area is 144 Å². The third-order valence-corrected chi connectivity index (χ3v) is 4.69. The van der Waals surface area contributed by atoms with Gasteiger partial charge in [0.1, 0.15) is 11.6 Å². The van der Waals surface area contributed by atoms with Crippen LogP contribution in [0, 0.1) is 5.82 Å². The number of rotatable bonds is 2. The molecule has 0 unspecified atom stereocenters. The van der Waals surface area contributed by atoms with E-state index in [1.807, 2.05) is 12.1 Å². The fourth-order valence-corrected chi connectivity index (χ4v) is 3.17. The van der Waals surface area contributed by atoms with E-state index in [9.17, 15) is 9.18 Å². The number of aromatic amines is 1. The van der Waals surface area contributed by atoms with Crippen LogP contribution in [0.1, 0.15) is 0 Å². The standard InChI is InChI=1S/C19H19FN4O/c1-23-8-10-24(11-9-23)13-6-7-14(16(20)12-13)18-21-17-5-3-2-4-15(17)19(25)22-18/h2-7,12H,8-11H2,1H3,(H,21,22,25). The number of aromatic nitrogens is 2. The first kappa shape index (κ1) is 15.8. The number of likely N-dealkylation sites (N-methyl/N-ethyl adjacent to an activating group) is 1. The largest absolute Gasteiger partial charge is 0.369 e. The molecule has 0 bridgehead atoms. The lowest BCUT2D eigenvalue weighted by Crippen LogP contribution is -2.44. The molecule has 1 N–H and O–H groups in total. The summed E-state index contributed by atoms with van der Waals surface area (Å²) in [6.07, 6.45) is 0. The van der Waals surface area contributed by atoms with Gasteiger partial charge in [-0.1, -0.05) is 12.1 Å². The van der Waals surface area contributed by atoms with Crippen molar-refractivity contribution in [3.05, 3.63) is 58.6 Å². The van der Waals surface area contributed by atoms with Crippen LogP contribution >= 0.6 is 0 Å². The van der Waals surface area contributed by atoms with E-state index in [1.54, 1.807) is 24.3 Å². The lowest BCUT2D eigenvalue weighted by molar-refractivity contribution is 0.313. The molecule has 6 heteroatoms. The number of para-hydroxylation sites is 1. The van der Waals surface area contributed by atoms with Crippen molar-refractivity contribution in [3.8, 4) is 11.4 Å². The van der Waals surface area contributed by atoms with Gasteiger partial charge in [0.2, 0.25) is 0 Å². The maximum atomic E-state index is 14.7. The van der Waals surface area contributed by atoms with E-state index in [0.717, 1.165) is 31.9 Å². The molecule has 1 fully saturated rings. The molecule has 0 atom stereocenters. The average Bonchev–Trinajstić information content (AvgIpc) is 2.62. The van der Waals surface area contributed by atoms with Gasteiger partial charge < -0.3 is 14.8 Å². The van der Waals surface area contributed by atoms with Gasteiger partial charge in [-0.2, -0.15) is 0 Å². The summed E-state index contributed by atoms with van der Waals surface area (Å²) >= 11 is 0. The van der Waals surface area contributed by atoms with E-state index in [2.05, 4.69) is 26.8 Å². The number of piperazine rings is 1. The summed E-state index contributed by atoms with van der Waals surface area (Å²) in [5, 5.41) is 0.501. The number of hydrogen-bond acceptors (Lipinski definition) is 4. The summed E-state index contributed by atoms with van der Waals surface area (Å²) in [5.74, 6) is -0.124. The molecule has 1 aliphatic rings. The molecule has 1 saturated heterocycles.